The van der Waals surface area contributed by atoms with E-state index >= 15 is 0 Å². The maximum absolute atomic E-state index is 2.40. The summed E-state index contributed by atoms with van der Waals surface area (Å²) in [6, 6.07) is 50.8. The number of anilines is 3. The highest BCUT2D eigenvalue weighted by atomic mass is 32.1. The summed E-state index contributed by atoms with van der Waals surface area (Å²) in [5.41, 5.74) is 3.50. The average molecular weight is 502 g/mol. The minimum Gasteiger partial charge on any atom is -0.310 e. The Balaban J connectivity index is 1.41. The Morgan fingerprint density at radius 2 is 1.03 bits per heavy atom. The van der Waals surface area contributed by atoms with E-state index in [2.05, 4.69) is 144 Å². The van der Waals surface area contributed by atoms with Gasteiger partial charge in [-0.05, 0) is 69.4 Å². The molecule has 0 saturated carbocycles. The molecule has 2 heteroatoms. The molecule has 0 aliphatic heterocycles. The van der Waals surface area contributed by atoms with Crippen LogP contribution in [0, 0.1) is 0 Å². The molecule has 0 aliphatic rings. The van der Waals surface area contributed by atoms with Crippen LogP contribution >= 0.6 is 11.3 Å². The van der Waals surface area contributed by atoms with Gasteiger partial charge in [0.25, 0.3) is 0 Å². The number of hydrogen-bond acceptors (Lipinski definition) is 2. The first-order valence-corrected chi connectivity index (χ1v) is 13.8. The van der Waals surface area contributed by atoms with Gasteiger partial charge >= 0.3 is 0 Å². The summed E-state index contributed by atoms with van der Waals surface area (Å²) in [7, 11) is 0. The Morgan fingerprint density at radius 3 is 1.95 bits per heavy atom. The van der Waals surface area contributed by atoms with Gasteiger partial charge in [0, 0.05) is 36.9 Å². The third-order valence-corrected chi connectivity index (χ3v) is 8.79. The highest BCUT2D eigenvalue weighted by Gasteiger charge is 2.17. The Morgan fingerprint density at radius 1 is 0.368 bits per heavy atom. The van der Waals surface area contributed by atoms with Crippen LogP contribution in [0.1, 0.15) is 0 Å². The van der Waals surface area contributed by atoms with Crippen LogP contribution in [-0.2, 0) is 0 Å². The van der Waals surface area contributed by atoms with Gasteiger partial charge in [-0.3, -0.25) is 0 Å². The summed E-state index contributed by atoms with van der Waals surface area (Å²) in [5.74, 6) is 0. The second kappa shape index (κ2) is 8.44. The van der Waals surface area contributed by atoms with Crippen molar-refractivity contribution >= 4 is 80.9 Å². The van der Waals surface area contributed by atoms with E-state index in [0.29, 0.717) is 0 Å². The number of thiophene rings is 1. The van der Waals surface area contributed by atoms with Gasteiger partial charge in [-0.15, -0.1) is 11.3 Å². The molecule has 8 rings (SSSR count). The molecule has 0 unspecified atom stereocenters. The zero-order valence-corrected chi connectivity index (χ0v) is 21.5. The molecular weight excluding hydrogens is 478 g/mol. The number of para-hydroxylation sites is 1. The molecule has 0 fully saturated rings. The first kappa shape index (κ1) is 21.4. The van der Waals surface area contributed by atoms with Gasteiger partial charge in [0.2, 0.25) is 0 Å². The molecule has 8 aromatic rings. The van der Waals surface area contributed by atoms with Crippen molar-refractivity contribution in [2.45, 2.75) is 0 Å². The van der Waals surface area contributed by atoms with Crippen LogP contribution in [0.2, 0.25) is 0 Å². The van der Waals surface area contributed by atoms with Crippen LogP contribution in [0.3, 0.4) is 0 Å². The molecule has 0 N–H and O–H groups in total. The van der Waals surface area contributed by atoms with Gasteiger partial charge in [0.15, 0.2) is 0 Å². The number of fused-ring (bicyclic) bond motifs is 8. The number of hydrogen-bond donors (Lipinski definition) is 0. The molecular formula is C36H23NS. The van der Waals surface area contributed by atoms with Crippen molar-refractivity contribution in [1.82, 2.24) is 0 Å². The Hall–Kier alpha value is -4.66. The zero-order valence-electron chi connectivity index (χ0n) is 20.6. The van der Waals surface area contributed by atoms with E-state index in [4.69, 9.17) is 0 Å². The van der Waals surface area contributed by atoms with E-state index in [-0.39, 0.29) is 0 Å². The van der Waals surface area contributed by atoms with Crippen LogP contribution in [0.5, 0.6) is 0 Å². The molecule has 0 bridgehead atoms. The smallest absolute Gasteiger partial charge is 0.0540 e. The lowest BCUT2D eigenvalue weighted by Gasteiger charge is -2.27. The number of nitrogens with zero attached hydrogens (tertiary/aromatic N) is 1. The molecule has 178 valence electrons. The number of benzene rings is 7. The maximum Gasteiger partial charge on any atom is 0.0540 e. The molecule has 1 heterocycles. The summed E-state index contributed by atoms with van der Waals surface area (Å²) < 4.78 is 2.65. The van der Waals surface area contributed by atoms with Crippen molar-refractivity contribution in [2.75, 3.05) is 4.90 Å². The monoisotopic (exact) mass is 501 g/mol. The van der Waals surface area contributed by atoms with Crippen molar-refractivity contribution in [1.29, 1.82) is 0 Å². The first-order valence-electron chi connectivity index (χ1n) is 12.9. The van der Waals surface area contributed by atoms with Gasteiger partial charge in [0.05, 0.1) is 5.69 Å². The molecule has 0 atom stereocenters. The van der Waals surface area contributed by atoms with Crippen LogP contribution in [0.4, 0.5) is 17.1 Å². The van der Waals surface area contributed by atoms with Gasteiger partial charge in [-0.25, -0.2) is 0 Å². The lowest BCUT2D eigenvalue weighted by atomic mass is 9.96. The molecule has 7 aromatic carbocycles. The predicted molar refractivity (Wildman–Crippen MR) is 167 cm³/mol. The predicted octanol–water partition coefficient (Wildman–Crippen LogP) is 11.0. The lowest BCUT2D eigenvalue weighted by molar-refractivity contribution is 1.31. The van der Waals surface area contributed by atoms with E-state index in [9.17, 15) is 0 Å². The minimum atomic E-state index is 1.15. The Bertz CT molecular complexity index is 2140. The summed E-state index contributed by atoms with van der Waals surface area (Å²) >= 11 is 1.86. The van der Waals surface area contributed by atoms with Crippen LogP contribution in [0.25, 0.3) is 52.5 Å². The summed E-state index contributed by atoms with van der Waals surface area (Å²) in [4.78, 5) is 2.40. The molecule has 0 spiro atoms. The fourth-order valence-electron chi connectivity index (χ4n) is 5.89. The minimum absolute atomic E-state index is 1.15. The molecule has 0 aliphatic carbocycles. The summed E-state index contributed by atoms with van der Waals surface area (Å²) in [6.45, 7) is 0. The molecule has 1 nitrogen and oxygen atoms in total. The Labute approximate surface area is 224 Å². The highest BCUT2D eigenvalue weighted by Crippen LogP contribution is 2.43. The van der Waals surface area contributed by atoms with E-state index in [0.717, 1.165) is 5.69 Å². The highest BCUT2D eigenvalue weighted by molar-refractivity contribution is 7.25. The van der Waals surface area contributed by atoms with Gasteiger partial charge < -0.3 is 4.90 Å². The van der Waals surface area contributed by atoms with Crippen molar-refractivity contribution < 1.29 is 0 Å². The fraction of sp³-hybridized carbons (Fsp3) is 0. The van der Waals surface area contributed by atoms with Crippen molar-refractivity contribution in [3.8, 4) is 0 Å². The molecule has 1 aromatic heterocycles. The van der Waals surface area contributed by atoms with Crippen molar-refractivity contribution in [2.24, 2.45) is 0 Å². The molecule has 38 heavy (non-hydrogen) atoms. The van der Waals surface area contributed by atoms with Crippen LogP contribution < -0.4 is 4.90 Å². The van der Waals surface area contributed by atoms with Crippen LogP contribution in [-0.4, -0.2) is 0 Å². The van der Waals surface area contributed by atoms with Crippen molar-refractivity contribution in [3.05, 3.63) is 140 Å². The second-order valence-electron chi connectivity index (χ2n) is 9.77. The topological polar surface area (TPSA) is 3.24 Å². The van der Waals surface area contributed by atoms with E-state index in [1.807, 2.05) is 11.3 Å². The third kappa shape index (κ3) is 3.24. The molecule has 0 radical (unpaired) electrons. The Kier molecular flexibility index (Phi) is 4.76. The lowest BCUT2D eigenvalue weighted by Crippen LogP contribution is -2.10. The summed E-state index contributed by atoms with van der Waals surface area (Å²) in [5, 5.41) is 10.3. The quantitative estimate of drug-likeness (QED) is 0.218. The fourth-order valence-corrected chi connectivity index (χ4v) is 6.98. The van der Waals surface area contributed by atoms with Gasteiger partial charge in [-0.2, -0.15) is 0 Å². The maximum atomic E-state index is 2.40. The first-order chi connectivity index (χ1) is 18.8. The van der Waals surface area contributed by atoms with E-state index in [1.54, 1.807) is 0 Å². The number of rotatable bonds is 3. The summed E-state index contributed by atoms with van der Waals surface area (Å²) in [6.07, 6.45) is 0. The second-order valence-corrected chi connectivity index (χ2v) is 10.9. The normalized spacial score (nSPS) is 11.7. The van der Waals surface area contributed by atoms with E-state index < -0.39 is 0 Å². The zero-order chi connectivity index (χ0) is 25.1. The van der Waals surface area contributed by atoms with Gasteiger partial charge in [-0.1, -0.05) is 97.1 Å². The van der Waals surface area contributed by atoms with E-state index in [1.165, 1.54) is 63.9 Å². The SMILES string of the molecule is c1ccc(N(c2ccc3sc4ccccc4c3c2)c2cccc3c2ccc2c4ccccc4ccc32)cc1. The standard InChI is InChI=1S/C36H23NS/c1-2-10-25(11-3-1)37(26-18-22-36-33(23-26)32-13-6-7-16-35(32)38-36)34-15-8-14-28-30-19-17-24-9-4-5-12-27(24)29(30)20-21-31(28)34/h1-23H. The largest absolute Gasteiger partial charge is 0.310 e. The molecule has 0 saturated heterocycles. The molecule has 0 amide bonds. The van der Waals surface area contributed by atoms with Gasteiger partial charge in [0.1, 0.15) is 0 Å². The average Bonchev–Trinajstić information content (AvgIpc) is 3.36. The van der Waals surface area contributed by atoms with Crippen LogP contribution in [0.15, 0.2) is 140 Å². The third-order valence-electron chi connectivity index (χ3n) is 7.63. The van der Waals surface area contributed by atoms with Crippen molar-refractivity contribution in [3.63, 3.8) is 0 Å².